The van der Waals surface area contributed by atoms with Crippen LogP contribution in [-0.4, -0.2) is 33.2 Å². The van der Waals surface area contributed by atoms with Gasteiger partial charge in [-0.2, -0.15) is 0 Å². The summed E-state index contributed by atoms with van der Waals surface area (Å²) in [7, 11) is 1.94. The molecule has 7 nitrogen and oxygen atoms in total. The second-order valence-electron chi connectivity index (χ2n) is 6.06. The molecule has 2 aromatic rings. The summed E-state index contributed by atoms with van der Waals surface area (Å²) in [6.45, 7) is 1.25. The van der Waals surface area contributed by atoms with Gasteiger partial charge in [-0.25, -0.2) is 4.98 Å². The third-order valence-electron chi connectivity index (χ3n) is 4.33. The minimum atomic E-state index is -0.181. The standard InChI is InChI=1S/C17H22N4O3/c1-20-9-7-18-17(20)16-13(5-4-10-24-16)11-19-14(22)12-21-8-3-2-6-15(21)23/h2-3,6-9,13,16H,4-5,10-12H2,1H3,(H,19,22)/t13-,16+/m0/s1. The van der Waals surface area contributed by atoms with E-state index in [0.717, 1.165) is 18.7 Å². The lowest BCUT2D eigenvalue weighted by molar-refractivity contribution is -0.122. The van der Waals surface area contributed by atoms with Crippen LogP contribution in [0.5, 0.6) is 0 Å². The third-order valence-corrected chi connectivity index (χ3v) is 4.33. The number of aromatic nitrogens is 3. The molecule has 24 heavy (non-hydrogen) atoms. The molecule has 0 aromatic carbocycles. The van der Waals surface area contributed by atoms with Gasteiger partial charge in [0.05, 0.1) is 0 Å². The molecule has 1 aliphatic rings. The second-order valence-corrected chi connectivity index (χ2v) is 6.06. The van der Waals surface area contributed by atoms with Crippen molar-refractivity contribution in [2.24, 2.45) is 13.0 Å². The molecular weight excluding hydrogens is 308 g/mol. The molecule has 128 valence electrons. The van der Waals surface area contributed by atoms with Crippen molar-refractivity contribution in [3.05, 3.63) is 53.0 Å². The van der Waals surface area contributed by atoms with E-state index in [0.29, 0.717) is 13.2 Å². The Labute approximate surface area is 140 Å². The Bertz CT molecular complexity index is 752. The van der Waals surface area contributed by atoms with Crippen LogP contribution < -0.4 is 10.9 Å². The van der Waals surface area contributed by atoms with Crippen LogP contribution in [0.15, 0.2) is 41.6 Å². The van der Waals surface area contributed by atoms with Gasteiger partial charge >= 0.3 is 0 Å². The monoisotopic (exact) mass is 330 g/mol. The molecule has 3 heterocycles. The van der Waals surface area contributed by atoms with Crippen molar-refractivity contribution >= 4 is 5.91 Å². The maximum absolute atomic E-state index is 12.1. The number of hydrogen-bond donors (Lipinski definition) is 1. The molecule has 0 unspecified atom stereocenters. The van der Waals surface area contributed by atoms with Gasteiger partial charge in [-0.3, -0.25) is 9.59 Å². The van der Waals surface area contributed by atoms with E-state index < -0.39 is 0 Å². The van der Waals surface area contributed by atoms with Gasteiger partial charge in [0.25, 0.3) is 5.56 Å². The molecule has 7 heteroatoms. The van der Waals surface area contributed by atoms with Gasteiger partial charge in [0.15, 0.2) is 0 Å². The Hall–Kier alpha value is -2.41. The molecule has 1 amide bonds. The number of rotatable bonds is 5. The van der Waals surface area contributed by atoms with Crippen molar-refractivity contribution in [1.29, 1.82) is 0 Å². The summed E-state index contributed by atoms with van der Waals surface area (Å²) in [6, 6.07) is 4.84. The zero-order chi connectivity index (χ0) is 16.9. The molecule has 0 bridgehead atoms. The van der Waals surface area contributed by atoms with Gasteiger partial charge in [-0.05, 0) is 18.9 Å². The van der Waals surface area contributed by atoms with E-state index in [1.165, 1.54) is 10.6 Å². The number of pyridine rings is 1. The molecule has 2 aromatic heterocycles. The predicted molar refractivity (Wildman–Crippen MR) is 88.3 cm³/mol. The highest BCUT2D eigenvalue weighted by Crippen LogP contribution is 2.32. The number of aryl methyl sites for hydroxylation is 1. The quantitative estimate of drug-likeness (QED) is 0.882. The van der Waals surface area contributed by atoms with Crippen LogP contribution in [0.3, 0.4) is 0 Å². The topological polar surface area (TPSA) is 78.2 Å². The van der Waals surface area contributed by atoms with Gasteiger partial charge < -0.3 is 19.2 Å². The van der Waals surface area contributed by atoms with E-state index in [1.807, 2.05) is 17.8 Å². The minimum absolute atomic E-state index is 0.0281. The maximum Gasteiger partial charge on any atom is 0.250 e. The Morgan fingerprint density at radius 2 is 2.29 bits per heavy atom. The first-order chi connectivity index (χ1) is 11.6. The van der Waals surface area contributed by atoms with Crippen molar-refractivity contribution in [3.63, 3.8) is 0 Å². The summed E-state index contributed by atoms with van der Waals surface area (Å²) in [5.41, 5.74) is -0.181. The Kier molecular flexibility index (Phi) is 5.10. The average Bonchev–Trinajstić information content (AvgIpc) is 3.01. The first-order valence-corrected chi connectivity index (χ1v) is 8.16. The first kappa shape index (κ1) is 16.4. The van der Waals surface area contributed by atoms with Crippen molar-refractivity contribution in [1.82, 2.24) is 19.4 Å². The van der Waals surface area contributed by atoms with E-state index in [-0.39, 0.29) is 30.0 Å². The van der Waals surface area contributed by atoms with Crippen LogP contribution in [0.2, 0.25) is 0 Å². The molecule has 0 spiro atoms. The molecule has 1 fully saturated rings. The molecule has 1 saturated heterocycles. The largest absolute Gasteiger partial charge is 0.370 e. The van der Waals surface area contributed by atoms with Crippen LogP contribution >= 0.6 is 0 Å². The fourth-order valence-electron chi connectivity index (χ4n) is 3.04. The highest BCUT2D eigenvalue weighted by Gasteiger charge is 2.30. The van der Waals surface area contributed by atoms with Crippen molar-refractivity contribution < 1.29 is 9.53 Å². The minimum Gasteiger partial charge on any atom is -0.370 e. The lowest BCUT2D eigenvalue weighted by atomic mass is 9.93. The number of hydrogen-bond acceptors (Lipinski definition) is 4. The maximum atomic E-state index is 12.1. The number of amides is 1. The van der Waals surface area contributed by atoms with Crippen molar-refractivity contribution in [3.8, 4) is 0 Å². The molecule has 0 radical (unpaired) electrons. The number of ether oxygens (including phenoxy) is 1. The highest BCUT2D eigenvalue weighted by atomic mass is 16.5. The second kappa shape index (κ2) is 7.44. The van der Waals surface area contributed by atoms with Gasteiger partial charge in [0.1, 0.15) is 18.5 Å². The predicted octanol–water partition coefficient (Wildman–Crippen LogP) is 0.866. The summed E-state index contributed by atoms with van der Waals surface area (Å²) >= 11 is 0. The molecular formula is C17H22N4O3. The van der Waals surface area contributed by atoms with E-state index in [4.69, 9.17) is 4.74 Å². The van der Waals surface area contributed by atoms with Gasteiger partial charge in [0.2, 0.25) is 5.91 Å². The van der Waals surface area contributed by atoms with Crippen LogP contribution in [-0.2, 0) is 23.1 Å². The van der Waals surface area contributed by atoms with Crippen molar-refractivity contribution in [2.45, 2.75) is 25.5 Å². The Morgan fingerprint density at radius 3 is 3.04 bits per heavy atom. The zero-order valence-corrected chi connectivity index (χ0v) is 13.7. The van der Waals surface area contributed by atoms with E-state index >= 15 is 0 Å². The fraction of sp³-hybridized carbons (Fsp3) is 0.471. The summed E-state index contributed by atoms with van der Waals surface area (Å²) in [6.07, 6.45) is 7.10. The molecule has 2 atom stereocenters. The van der Waals surface area contributed by atoms with E-state index in [2.05, 4.69) is 10.3 Å². The zero-order valence-electron chi connectivity index (χ0n) is 13.7. The van der Waals surface area contributed by atoms with Crippen LogP contribution in [0.4, 0.5) is 0 Å². The summed E-state index contributed by atoms with van der Waals surface area (Å²) in [5, 5.41) is 2.92. The van der Waals surface area contributed by atoms with Gasteiger partial charge in [-0.1, -0.05) is 6.07 Å². The molecule has 1 N–H and O–H groups in total. The summed E-state index contributed by atoms with van der Waals surface area (Å²) < 4.78 is 9.24. The van der Waals surface area contributed by atoms with Gasteiger partial charge in [0, 0.05) is 50.8 Å². The average molecular weight is 330 g/mol. The Morgan fingerprint density at radius 1 is 1.42 bits per heavy atom. The number of imidazole rings is 1. The molecule has 0 aliphatic carbocycles. The first-order valence-electron chi connectivity index (χ1n) is 8.16. The summed E-state index contributed by atoms with van der Waals surface area (Å²) in [5.74, 6) is 0.886. The lowest BCUT2D eigenvalue weighted by Crippen LogP contribution is -2.38. The van der Waals surface area contributed by atoms with Crippen LogP contribution in [0.1, 0.15) is 24.8 Å². The smallest absolute Gasteiger partial charge is 0.250 e. The number of carbonyl (C=O) groups is 1. The number of nitrogens with zero attached hydrogens (tertiary/aromatic N) is 3. The Balaban J connectivity index is 1.60. The normalized spacial score (nSPS) is 20.7. The molecule has 0 saturated carbocycles. The third kappa shape index (κ3) is 3.73. The number of carbonyl (C=O) groups excluding carboxylic acids is 1. The molecule has 3 rings (SSSR count). The van der Waals surface area contributed by atoms with Crippen LogP contribution in [0, 0.1) is 5.92 Å². The number of nitrogens with one attached hydrogen (secondary N) is 1. The van der Waals surface area contributed by atoms with Crippen LogP contribution in [0.25, 0.3) is 0 Å². The van der Waals surface area contributed by atoms with Gasteiger partial charge in [-0.15, -0.1) is 0 Å². The fourth-order valence-corrected chi connectivity index (χ4v) is 3.04. The van der Waals surface area contributed by atoms with Crippen molar-refractivity contribution in [2.75, 3.05) is 13.2 Å². The van der Waals surface area contributed by atoms with E-state index in [9.17, 15) is 9.59 Å². The van der Waals surface area contributed by atoms with E-state index in [1.54, 1.807) is 24.5 Å². The SMILES string of the molecule is Cn1ccnc1[C@@H]1OCCC[C@H]1CNC(=O)Cn1ccccc1=O. The lowest BCUT2D eigenvalue weighted by Gasteiger charge is -2.31. The highest BCUT2D eigenvalue weighted by molar-refractivity contribution is 5.75. The molecule has 1 aliphatic heterocycles. The summed E-state index contributed by atoms with van der Waals surface area (Å²) in [4.78, 5) is 28.2.